The summed E-state index contributed by atoms with van der Waals surface area (Å²) in [6, 6.07) is 5.83. The molecule has 2 N–H and O–H groups in total. The molecule has 5 aromatic rings. The minimum Gasteiger partial charge on any atom is -0.507 e. The van der Waals surface area contributed by atoms with Gasteiger partial charge in [-0.25, -0.2) is 14.6 Å². The minimum absolute atomic E-state index is 0.125. The van der Waals surface area contributed by atoms with Gasteiger partial charge in [0.05, 0.1) is 53.8 Å². The summed E-state index contributed by atoms with van der Waals surface area (Å²) in [7, 11) is 2.07. The highest BCUT2D eigenvalue weighted by atomic mass is 16.5. The lowest BCUT2D eigenvalue weighted by Crippen LogP contribution is -2.47. The summed E-state index contributed by atoms with van der Waals surface area (Å²) >= 11 is 0. The Hall–Kier alpha value is -4.33. The van der Waals surface area contributed by atoms with Crippen LogP contribution < -0.4 is 9.80 Å². The molecule has 0 saturated carbocycles. The zero-order chi connectivity index (χ0) is 29.2. The first-order chi connectivity index (χ1) is 21.0. The summed E-state index contributed by atoms with van der Waals surface area (Å²) in [6.45, 7) is 7.75. The van der Waals surface area contributed by atoms with E-state index in [0.717, 1.165) is 78.5 Å². The third-order valence-corrected chi connectivity index (χ3v) is 9.11. The van der Waals surface area contributed by atoms with Crippen molar-refractivity contribution in [2.45, 2.75) is 25.5 Å². The van der Waals surface area contributed by atoms with Gasteiger partial charge < -0.3 is 29.3 Å². The van der Waals surface area contributed by atoms with E-state index >= 15 is 0 Å². The number of aromatic hydroxyl groups is 1. The van der Waals surface area contributed by atoms with Gasteiger partial charge in [-0.15, -0.1) is 0 Å². The third-order valence-electron chi connectivity index (χ3n) is 9.11. The van der Waals surface area contributed by atoms with Crippen LogP contribution in [0, 0.1) is 6.92 Å². The second-order valence-electron chi connectivity index (χ2n) is 11.7. The molecule has 13 nitrogen and oxygen atoms in total. The van der Waals surface area contributed by atoms with Gasteiger partial charge >= 0.3 is 0 Å². The monoisotopic (exact) mass is 582 g/mol. The van der Waals surface area contributed by atoms with Crippen molar-refractivity contribution in [3.05, 3.63) is 42.5 Å². The fraction of sp³-hybridized carbons (Fsp3) is 0.433. The van der Waals surface area contributed by atoms with Crippen LogP contribution in [-0.2, 0) is 11.8 Å². The lowest BCUT2D eigenvalue weighted by atomic mass is 10.1. The van der Waals surface area contributed by atoms with Gasteiger partial charge in [-0.1, -0.05) is 0 Å². The predicted octanol–water partition coefficient (Wildman–Crippen LogP) is 1.87. The Kier molecular flexibility index (Phi) is 6.21. The summed E-state index contributed by atoms with van der Waals surface area (Å²) in [4.78, 5) is 26.3. The van der Waals surface area contributed by atoms with E-state index in [0.29, 0.717) is 30.2 Å². The van der Waals surface area contributed by atoms with Crippen LogP contribution in [0.4, 0.5) is 11.8 Å². The number of hydrogen-bond donors (Lipinski definition) is 2. The molecule has 0 spiro atoms. The van der Waals surface area contributed by atoms with E-state index in [2.05, 4.69) is 37.4 Å². The maximum atomic E-state index is 10.5. The molecule has 43 heavy (non-hydrogen) atoms. The fourth-order valence-electron chi connectivity index (χ4n) is 6.79. The van der Waals surface area contributed by atoms with E-state index in [1.807, 2.05) is 23.9 Å². The molecule has 5 aromatic heterocycles. The van der Waals surface area contributed by atoms with Crippen LogP contribution in [0.1, 0.15) is 12.1 Å². The van der Waals surface area contributed by atoms with Crippen LogP contribution in [-0.4, -0.2) is 114 Å². The molecule has 8 heterocycles. The Balaban J connectivity index is 1.27. The number of imidazole rings is 1. The first-order valence-electron chi connectivity index (χ1n) is 14.8. The number of pyridine rings is 3. The van der Waals surface area contributed by atoms with Crippen molar-refractivity contribution in [2.24, 2.45) is 7.05 Å². The molecule has 222 valence electrons. The molecule has 0 aliphatic carbocycles. The molecule has 13 heteroatoms. The van der Waals surface area contributed by atoms with Crippen LogP contribution in [0.2, 0.25) is 0 Å². The molecular formula is C30H34N10O3. The number of anilines is 2. The quantitative estimate of drug-likeness (QED) is 0.304. The average Bonchev–Trinajstić information content (AvgIpc) is 3.82. The molecule has 2 atom stereocenters. The summed E-state index contributed by atoms with van der Waals surface area (Å²) < 4.78 is 9.95. The van der Waals surface area contributed by atoms with Gasteiger partial charge in [-0.2, -0.15) is 5.10 Å². The normalized spacial score (nSPS) is 20.7. The second-order valence-corrected chi connectivity index (χ2v) is 11.7. The number of aliphatic hydroxyl groups excluding tert-OH is 1. The highest BCUT2D eigenvalue weighted by Crippen LogP contribution is 2.38. The Labute approximate surface area is 248 Å². The number of hydrogen-bond acceptors (Lipinski definition) is 11. The molecule has 3 aliphatic rings. The highest BCUT2D eigenvalue weighted by Gasteiger charge is 2.41. The molecule has 3 fully saturated rings. The van der Waals surface area contributed by atoms with Crippen molar-refractivity contribution in [3.8, 4) is 22.8 Å². The number of aliphatic hydroxyl groups is 1. The molecule has 3 aliphatic heterocycles. The topological polar surface area (TPSA) is 134 Å². The van der Waals surface area contributed by atoms with Gasteiger partial charge in [-0.3, -0.25) is 14.9 Å². The number of rotatable bonds is 6. The largest absolute Gasteiger partial charge is 0.507 e. The molecule has 0 aromatic carbocycles. The maximum Gasteiger partial charge on any atom is 0.206 e. The molecule has 0 unspecified atom stereocenters. The van der Waals surface area contributed by atoms with E-state index in [9.17, 15) is 10.2 Å². The number of β-amino-alcohol motifs (C(OH)–C–C–N with tert-alkyl or cyclic N) is 1. The van der Waals surface area contributed by atoms with Gasteiger partial charge in [-0.05, 0) is 25.5 Å². The number of fused-ring (bicyclic) bond motifs is 4. The molecule has 2 bridgehead atoms. The Morgan fingerprint density at radius 3 is 2.65 bits per heavy atom. The Morgan fingerprint density at radius 2 is 1.91 bits per heavy atom. The molecule has 0 amide bonds. The number of morpholine rings is 1. The molecule has 3 saturated heterocycles. The van der Waals surface area contributed by atoms with Crippen molar-refractivity contribution in [3.63, 3.8) is 0 Å². The lowest BCUT2D eigenvalue weighted by Gasteiger charge is -2.34. The average molecular weight is 583 g/mol. The molecule has 0 radical (unpaired) electrons. The van der Waals surface area contributed by atoms with Crippen LogP contribution in [0.25, 0.3) is 39.0 Å². The van der Waals surface area contributed by atoms with Gasteiger partial charge in [0.2, 0.25) is 5.95 Å². The fourth-order valence-corrected chi connectivity index (χ4v) is 6.79. The SMILES string of the molecule is Cc1nc(-c2cnccc2O)cc2c1cnn2-c1cc2c(nc(N3CCN(CCO)CC3)n2C)c(N2C[C@H]3C[C@@H]2CO3)n1. The highest BCUT2D eigenvalue weighted by molar-refractivity contribution is 5.92. The summed E-state index contributed by atoms with van der Waals surface area (Å²) in [5.41, 5.74) is 4.69. The van der Waals surface area contributed by atoms with Crippen LogP contribution in [0.3, 0.4) is 0 Å². The maximum absolute atomic E-state index is 10.5. The summed E-state index contributed by atoms with van der Waals surface area (Å²) in [5.74, 6) is 2.58. The number of nitrogens with zero attached hydrogens (tertiary/aromatic N) is 10. The van der Waals surface area contributed by atoms with E-state index < -0.39 is 0 Å². The van der Waals surface area contributed by atoms with Crippen molar-refractivity contribution in [1.82, 2.24) is 39.2 Å². The lowest BCUT2D eigenvalue weighted by molar-refractivity contribution is 0.0989. The van der Waals surface area contributed by atoms with Gasteiger partial charge in [0.1, 0.15) is 11.3 Å². The third kappa shape index (κ3) is 4.29. The van der Waals surface area contributed by atoms with E-state index in [1.165, 1.54) is 0 Å². The minimum atomic E-state index is 0.125. The Morgan fingerprint density at radius 1 is 1.05 bits per heavy atom. The zero-order valence-corrected chi connectivity index (χ0v) is 24.3. The number of aromatic nitrogens is 7. The first-order valence-corrected chi connectivity index (χ1v) is 14.8. The van der Waals surface area contributed by atoms with Gasteiger partial charge in [0.15, 0.2) is 11.6 Å². The van der Waals surface area contributed by atoms with Gasteiger partial charge in [0.25, 0.3) is 0 Å². The van der Waals surface area contributed by atoms with Gasteiger partial charge in [0, 0.05) is 75.9 Å². The van der Waals surface area contributed by atoms with E-state index in [1.54, 1.807) is 18.5 Å². The summed E-state index contributed by atoms with van der Waals surface area (Å²) in [5, 5.41) is 25.6. The van der Waals surface area contributed by atoms with Crippen molar-refractivity contribution in [2.75, 3.05) is 62.3 Å². The second kappa shape index (κ2) is 10.1. The Bertz CT molecular complexity index is 1840. The van der Waals surface area contributed by atoms with Crippen molar-refractivity contribution >= 4 is 33.7 Å². The van der Waals surface area contributed by atoms with E-state index in [-0.39, 0.29) is 24.5 Å². The smallest absolute Gasteiger partial charge is 0.206 e. The summed E-state index contributed by atoms with van der Waals surface area (Å²) in [6.07, 6.45) is 6.21. The first kappa shape index (κ1) is 26.3. The molecular weight excluding hydrogens is 548 g/mol. The number of ether oxygens (including phenoxy) is 1. The van der Waals surface area contributed by atoms with Crippen molar-refractivity contribution < 1.29 is 14.9 Å². The number of piperazine rings is 1. The standard InChI is InChI=1S/C30H34N10O3/c1-18-21-15-32-40(24(21)12-23(33-18)22-14-31-4-3-26(22)42)27-13-25-28(29(34-27)39-16-20-11-19(39)17-43-20)35-30(36(25)2)38-7-5-37(6-8-38)9-10-41/h3-4,12-15,19-20,41H,5-11,16-17H2,1-2H3,(H,31,42)/t19-,20-/m1/s1. The van der Waals surface area contributed by atoms with E-state index in [4.69, 9.17) is 24.8 Å². The van der Waals surface area contributed by atoms with Crippen molar-refractivity contribution in [1.29, 1.82) is 0 Å². The zero-order valence-electron chi connectivity index (χ0n) is 24.3. The number of aryl methyl sites for hydroxylation is 2. The van der Waals surface area contributed by atoms with Crippen LogP contribution >= 0.6 is 0 Å². The van der Waals surface area contributed by atoms with Crippen LogP contribution in [0.15, 0.2) is 36.8 Å². The van der Waals surface area contributed by atoms with Crippen LogP contribution in [0.5, 0.6) is 5.75 Å². The predicted molar refractivity (Wildman–Crippen MR) is 162 cm³/mol. The molecule has 8 rings (SSSR count).